The Morgan fingerprint density at radius 3 is 1.76 bits per heavy atom. The van der Waals surface area contributed by atoms with E-state index in [0.29, 0.717) is 17.5 Å². The SMILES string of the molecule is CC1(c2ccc(-c3ccccc3)cc2)C=CC(c2nc(-c3ccccc3)nc(-c3ccc(-c4cccc5oc6ccccc6c45)cc3)n2)=CC1. The molecule has 0 radical (unpaired) electrons. The summed E-state index contributed by atoms with van der Waals surface area (Å²) in [5.41, 5.74) is 10.5. The van der Waals surface area contributed by atoms with Crippen LogP contribution in [0.15, 0.2) is 174 Å². The maximum absolute atomic E-state index is 6.16. The van der Waals surface area contributed by atoms with Crippen molar-refractivity contribution in [1.82, 2.24) is 15.0 Å². The predicted octanol–water partition coefficient (Wildman–Crippen LogP) is 11.7. The predicted molar refractivity (Wildman–Crippen MR) is 204 cm³/mol. The van der Waals surface area contributed by atoms with Gasteiger partial charge >= 0.3 is 0 Å². The topological polar surface area (TPSA) is 51.8 Å². The number of para-hydroxylation sites is 1. The van der Waals surface area contributed by atoms with Crippen molar-refractivity contribution in [3.05, 3.63) is 181 Å². The molecule has 6 aromatic carbocycles. The smallest absolute Gasteiger partial charge is 0.164 e. The number of fused-ring (bicyclic) bond motifs is 3. The van der Waals surface area contributed by atoms with Crippen LogP contribution in [0.5, 0.6) is 0 Å². The Bertz CT molecular complexity index is 2550. The third kappa shape index (κ3) is 5.41. The molecule has 8 aromatic rings. The molecule has 2 heterocycles. The average Bonchev–Trinajstić information content (AvgIpc) is 3.58. The Morgan fingerprint density at radius 1 is 0.500 bits per heavy atom. The van der Waals surface area contributed by atoms with Crippen LogP contribution in [0, 0.1) is 0 Å². The fourth-order valence-electron chi connectivity index (χ4n) is 6.95. The minimum Gasteiger partial charge on any atom is -0.456 e. The van der Waals surface area contributed by atoms with Crippen molar-refractivity contribution in [3.8, 4) is 45.0 Å². The van der Waals surface area contributed by atoms with Gasteiger partial charge in [-0.3, -0.25) is 0 Å². The van der Waals surface area contributed by atoms with E-state index in [1.807, 2.05) is 48.5 Å². The molecule has 1 aliphatic carbocycles. The van der Waals surface area contributed by atoms with Crippen LogP contribution in [-0.2, 0) is 5.41 Å². The average molecular weight is 644 g/mol. The summed E-state index contributed by atoms with van der Waals surface area (Å²) in [7, 11) is 0. The summed E-state index contributed by atoms with van der Waals surface area (Å²) in [6.45, 7) is 2.29. The van der Waals surface area contributed by atoms with E-state index in [9.17, 15) is 0 Å². The van der Waals surface area contributed by atoms with E-state index < -0.39 is 0 Å². The van der Waals surface area contributed by atoms with Crippen LogP contribution in [0.2, 0.25) is 0 Å². The van der Waals surface area contributed by atoms with Crippen LogP contribution in [0.3, 0.4) is 0 Å². The molecule has 4 nitrogen and oxygen atoms in total. The normalized spacial score (nSPS) is 15.7. The number of hydrogen-bond acceptors (Lipinski definition) is 4. The molecule has 1 aliphatic rings. The summed E-state index contributed by atoms with van der Waals surface area (Å²) in [6.07, 6.45) is 7.56. The van der Waals surface area contributed by atoms with Crippen molar-refractivity contribution < 1.29 is 4.42 Å². The van der Waals surface area contributed by atoms with Crippen molar-refractivity contribution in [2.45, 2.75) is 18.8 Å². The second kappa shape index (κ2) is 12.2. The molecule has 50 heavy (non-hydrogen) atoms. The maximum atomic E-state index is 6.16. The van der Waals surface area contributed by atoms with Crippen LogP contribution in [0.1, 0.15) is 24.7 Å². The second-order valence-electron chi connectivity index (χ2n) is 13.1. The number of hydrogen-bond donors (Lipinski definition) is 0. The summed E-state index contributed by atoms with van der Waals surface area (Å²) in [4.78, 5) is 15.0. The van der Waals surface area contributed by atoms with E-state index in [2.05, 4.69) is 128 Å². The van der Waals surface area contributed by atoms with E-state index in [-0.39, 0.29) is 5.41 Å². The lowest BCUT2D eigenvalue weighted by atomic mass is 9.76. The van der Waals surface area contributed by atoms with Gasteiger partial charge in [0.1, 0.15) is 11.2 Å². The van der Waals surface area contributed by atoms with Gasteiger partial charge in [-0.2, -0.15) is 0 Å². The number of rotatable bonds is 6. The Kier molecular flexibility index (Phi) is 7.28. The molecule has 0 N–H and O–H groups in total. The van der Waals surface area contributed by atoms with Crippen LogP contribution >= 0.6 is 0 Å². The lowest BCUT2D eigenvalue weighted by Crippen LogP contribution is -2.20. The fourth-order valence-corrected chi connectivity index (χ4v) is 6.95. The second-order valence-corrected chi connectivity index (χ2v) is 13.1. The van der Waals surface area contributed by atoms with Gasteiger partial charge in [-0.15, -0.1) is 0 Å². The molecular weight excluding hydrogens is 611 g/mol. The highest BCUT2D eigenvalue weighted by molar-refractivity contribution is 6.12. The largest absolute Gasteiger partial charge is 0.456 e. The summed E-state index contributed by atoms with van der Waals surface area (Å²) >= 11 is 0. The van der Waals surface area contributed by atoms with E-state index in [1.165, 1.54) is 16.7 Å². The van der Waals surface area contributed by atoms with E-state index in [0.717, 1.165) is 56.2 Å². The molecule has 0 fully saturated rings. The van der Waals surface area contributed by atoms with Crippen molar-refractivity contribution in [2.75, 3.05) is 0 Å². The number of benzene rings is 6. The molecule has 2 aromatic heterocycles. The zero-order chi connectivity index (χ0) is 33.5. The molecule has 238 valence electrons. The monoisotopic (exact) mass is 643 g/mol. The molecular formula is C46H33N3O. The molecule has 0 saturated heterocycles. The van der Waals surface area contributed by atoms with Crippen LogP contribution in [0.25, 0.3) is 72.5 Å². The first-order valence-electron chi connectivity index (χ1n) is 17.0. The van der Waals surface area contributed by atoms with Gasteiger partial charge in [0.15, 0.2) is 17.5 Å². The van der Waals surface area contributed by atoms with Gasteiger partial charge in [0.2, 0.25) is 0 Å². The Balaban J connectivity index is 1.05. The molecule has 1 unspecified atom stereocenters. The number of allylic oxidation sites excluding steroid dienone is 4. The van der Waals surface area contributed by atoms with Crippen molar-refractivity contribution in [2.24, 2.45) is 0 Å². The molecule has 0 aliphatic heterocycles. The summed E-state index contributed by atoms with van der Waals surface area (Å²) in [5.74, 6) is 1.97. The Morgan fingerprint density at radius 2 is 1.06 bits per heavy atom. The Hall–Kier alpha value is -6.39. The Labute approximate surface area is 291 Å². The third-order valence-corrected chi connectivity index (χ3v) is 9.81. The highest BCUT2D eigenvalue weighted by atomic mass is 16.3. The first kappa shape index (κ1) is 29.7. The fraction of sp³-hybridized carbons (Fsp3) is 0.0652. The lowest BCUT2D eigenvalue weighted by molar-refractivity contribution is 0.601. The van der Waals surface area contributed by atoms with E-state index in [4.69, 9.17) is 19.4 Å². The molecule has 4 heteroatoms. The highest BCUT2D eigenvalue weighted by Crippen LogP contribution is 2.39. The van der Waals surface area contributed by atoms with Gasteiger partial charge in [0, 0.05) is 32.9 Å². The molecule has 9 rings (SSSR count). The molecule has 0 spiro atoms. The standard InChI is InChI=1S/C46H33N3O/c1-46(37-25-23-32(24-26-37)31-11-4-2-5-12-31)29-27-36(28-30-46)45-48-43(34-13-6-3-7-14-34)47-44(49-45)35-21-19-33(20-22-35)38-16-10-18-41-42(38)39-15-8-9-17-40(39)50-41/h2-29H,30H2,1H3. The van der Waals surface area contributed by atoms with Crippen LogP contribution < -0.4 is 0 Å². The summed E-state index contributed by atoms with van der Waals surface area (Å²) < 4.78 is 6.16. The van der Waals surface area contributed by atoms with Gasteiger partial charge in [-0.1, -0.05) is 165 Å². The zero-order valence-corrected chi connectivity index (χ0v) is 27.6. The molecule has 0 saturated carbocycles. The number of nitrogens with zero attached hydrogens (tertiary/aromatic N) is 3. The van der Waals surface area contributed by atoms with Gasteiger partial charge in [0.05, 0.1) is 0 Å². The van der Waals surface area contributed by atoms with Crippen LogP contribution in [0.4, 0.5) is 0 Å². The molecule has 0 amide bonds. The summed E-state index contributed by atoms with van der Waals surface area (Å²) in [5, 5.41) is 2.24. The van der Waals surface area contributed by atoms with Gasteiger partial charge in [-0.25, -0.2) is 15.0 Å². The highest BCUT2D eigenvalue weighted by Gasteiger charge is 2.26. The number of aromatic nitrogens is 3. The van der Waals surface area contributed by atoms with E-state index in [1.54, 1.807) is 0 Å². The van der Waals surface area contributed by atoms with Gasteiger partial charge in [0.25, 0.3) is 0 Å². The van der Waals surface area contributed by atoms with E-state index >= 15 is 0 Å². The summed E-state index contributed by atoms with van der Waals surface area (Å²) in [6, 6.07) is 52.5. The maximum Gasteiger partial charge on any atom is 0.164 e. The number of furan rings is 1. The zero-order valence-electron chi connectivity index (χ0n) is 27.6. The van der Waals surface area contributed by atoms with Crippen LogP contribution in [-0.4, -0.2) is 15.0 Å². The van der Waals surface area contributed by atoms with Crippen molar-refractivity contribution in [1.29, 1.82) is 0 Å². The van der Waals surface area contributed by atoms with Gasteiger partial charge in [-0.05, 0) is 46.4 Å². The first-order valence-corrected chi connectivity index (χ1v) is 17.0. The van der Waals surface area contributed by atoms with Gasteiger partial charge < -0.3 is 4.42 Å². The first-order chi connectivity index (χ1) is 24.6. The lowest BCUT2D eigenvalue weighted by Gasteiger charge is -2.28. The molecule has 0 bridgehead atoms. The quantitative estimate of drug-likeness (QED) is 0.181. The third-order valence-electron chi connectivity index (χ3n) is 9.81. The minimum absolute atomic E-state index is 0.129. The minimum atomic E-state index is -0.129. The van der Waals surface area contributed by atoms with Crippen molar-refractivity contribution >= 4 is 27.5 Å². The van der Waals surface area contributed by atoms with Crippen molar-refractivity contribution in [3.63, 3.8) is 0 Å². The molecule has 1 atom stereocenters.